The van der Waals surface area contributed by atoms with Crippen LogP contribution in [0.4, 0.5) is 5.69 Å². The van der Waals surface area contributed by atoms with Crippen LogP contribution < -0.4 is 5.73 Å². The normalized spacial score (nSPS) is 21.9. The van der Waals surface area contributed by atoms with Gasteiger partial charge >= 0.3 is 0 Å². The second kappa shape index (κ2) is 5.44. The number of benzene rings is 1. The third-order valence-corrected chi connectivity index (χ3v) is 4.55. The van der Waals surface area contributed by atoms with Gasteiger partial charge in [0.2, 0.25) is 0 Å². The van der Waals surface area contributed by atoms with Gasteiger partial charge in [-0.05, 0) is 56.4 Å². The number of rotatable bonds is 1. The van der Waals surface area contributed by atoms with Crippen molar-refractivity contribution in [1.82, 2.24) is 4.90 Å². The molecule has 0 saturated carbocycles. The van der Waals surface area contributed by atoms with Gasteiger partial charge < -0.3 is 15.4 Å². The lowest BCUT2D eigenvalue weighted by atomic mass is 9.84. The lowest BCUT2D eigenvalue weighted by Crippen LogP contribution is -2.49. The molecule has 2 aliphatic rings. The number of ether oxygens (including phenoxy) is 1. The van der Waals surface area contributed by atoms with Crippen molar-refractivity contribution < 1.29 is 9.53 Å². The number of amides is 1. The molecule has 0 aromatic heterocycles. The Morgan fingerprint density at radius 2 is 1.80 bits per heavy atom. The molecule has 1 spiro atoms. The fourth-order valence-electron chi connectivity index (χ4n) is 3.23. The first-order valence-electron chi connectivity index (χ1n) is 7.47. The number of hydrogen-bond acceptors (Lipinski definition) is 3. The molecule has 2 heterocycles. The quantitative estimate of drug-likeness (QED) is 0.800. The molecule has 4 heteroatoms. The molecule has 0 unspecified atom stereocenters. The van der Waals surface area contributed by atoms with Crippen molar-refractivity contribution in [3.63, 3.8) is 0 Å². The minimum Gasteiger partial charge on any atom is -0.399 e. The average Bonchev–Trinajstić information content (AvgIpc) is 2.49. The van der Waals surface area contributed by atoms with E-state index in [2.05, 4.69) is 0 Å². The van der Waals surface area contributed by atoms with Crippen LogP contribution in [0, 0.1) is 0 Å². The van der Waals surface area contributed by atoms with Crippen LogP contribution in [0.2, 0.25) is 0 Å². The van der Waals surface area contributed by atoms with Crippen LogP contribution in [0.3, 0.4) is 0 Å². The van der Waals surface area contributed by atoms with E-state index in [0.29, 0.717) is 5.69 Å². The van der Waals surface area contributed by atoms with Gasteiger partial charge in [0.05, 0.1) is 5.60 Å². The molecule has 2 saturated heterocycles. The molecule has 2 N–H and O–H groups in total. The van der Waals surface area contributed by atoms with E-state index in [4.69, 9.17) is 10.5 Å². The van der Waals surface area contributed by atoms with E-state index >= 15 is 0 Å². The molecule has 2 aliphatic heterocycles. The molecule has 20 heavy (non-hydrogen) atoms. The summed E-state index contributed by atoms with van der Waals surface area (Å²) in [5.41, 5.74) is 7.12. The molecule has 0 radical (unpaired) electrons. The Bertz CT molecular complexity index is 468. The topological polar surface area (TPSA) is 55.6 Å². The summed E-state index contributed by atoms with van der Waals surface area (Å²) in [6.07, 6.45) is 5.51. The fraction of sp³-hybridized carbons (Fsp3) is 0.562. The van der Waals surface area contributed by atoms with E-state index < -0.39 is 0 Å². The SMILES string of the molecule is Nc1ccc(C(=O)N2CCC3(CCCCO3)CC2)cc1. The maximum atomic E-state index is 12.4. The van der Waals surface area contributed by atoms with Gasteiger partial charge in [-0.2, -0.15) is 0 Å². The molecule has 1 aromatic carbocycles. The van der Waals surface area contributed by atoms with E-state index in [9.17, 15) is 4.79 Å². The number of nitrogens with two attached hydrogens (primary N) is 1. The van der Waals surface area contributed by atoms with Crippen LogP contribution in [0.25, 0.3) is 0 Å². The van der Waals surface area contributed by atoms with E-state index in [0.717, 1.165) is 44.5 Å². The molecule has 0 aliphatic carbocycles. The number of carbonyl (C=O) groups is 1. The van der Waals surface area contributed by atoms with Crippen molar-refractivity contribution in [2.24, 2.45) is 0 Å². The zero-order valence-electron chi connectivity index (χ0n) is 11.8. The maximum absolute atomic E-state index is 12.4. The molecule has 3 rings (SSSR count). The summed E-state index contributed by atoms with van der Waals surface area (Å²) in [6, 6.07) is 7.17. The van der Waals surface area contributed by atoms with Crippen LogP contribution in [0.5, 0.6) is 0 Å². The van der Waals surface area contributed by atoms with Gasteiger partial charge in [-0.3, -0.25) is 4.79 Å². The average molecular weight is 274 g/mol. The molecular weight excluding hydrogens is 252 g/mol. The number of carbonyl (C=O) groups excluding carboxylic acids is 1. The summed E-state index contributed by atoms with van der Waals surface area (Å²) in [5, 5.41) is 0. The molecule has 108 valence electrons. The molecule has 2 fully saturated rings. The van der Waals surface area contributed by atoms with E-state index in [-0.39, 0.29) is 11.5 Å². The molecule has 0 bridgehead atoms. The monoisotopic (exact) mass is 274 g/mol. The van der Waals surface area contributed by atoms with Crippen LogP contribution in [-0.2, 0) is 4.74 Å². The smallest absolute Gasteiger partial charge is 0.253 e. The lowest BCUT2D eigenvalue weighted by molar-refractivity contribution is -0.107. The Balaban J connectivity index is 1.62. The number of hydrogen-bond donors (Lipinski definition) is 1. The van der Waals surface area contributed by atoms with E-state index in [1.54, 1.807) is 24.3 Å². The number of anilines is 1. The van der Waals surface area contributed by atoms with E-state index in [1.165, 1.54) is 12.8 Å². The first-order valence-corrected chi connectivity index (χ1v) is 7.47. The first kappa shape index (κ1) is 13.4. The number of nitrogen functional groups attached to an aromatic ring is 1. The second-order valence-electron chi connectivity index (χ2n) is 5.90. The Morgan fingerprint density at radius 3 is 2.40 bits per heavy atom. The zero-order valence-corrected chi connectivity index (χ0v) is 11.8. The second-order valence-corrected chi connectivity index (χ2v) is 5.90. The largest absolute Gasteiger partial charge is 0.399 e. The molecular formula is C16H22N2O2. The van der Waals surface area contributed by atoms with Crippen molar-refractivity contribution in [1.29, 1.82) is 0 Å². The maximum Gasteiger partial charge on any atom is 0.253 e. The number of piperidine rings is 1. The highest BCUT2D eigenvalue weighted by Gasteiger charge is 2.38. The summed E-state index contributed by atoms with van der Waals surface area (Å²) in [5.74, 6) is 0.107. The molecule has 1 amide bonds. The van der Waals surface area contributed by atoms with Gasteiger partial charge in [-0.1, -0.05) is 0 Å². The Hall–Kier alpha value is -1.55. The minimum absolute atomic E-state index is 0.0517. The Kier molecular flexibility index (Phi) is 3.66. The summed E-state index contributed by atoms with van der Waals surface area (Å²) < 4.78 is 6.00. The Labute approximate surface area is 119 Å². The van der Waals surface area contributed by atoms with Gasteiger partial charge in [-0.25, -0.2) is 0 Å². The lowest BCUT2D eigenvalue weighted by Gasteiger charge is -2.44. The fourth-order valence-corrected chi connectivity index (χ4v) is 3.23. The van der Waals surface area contributed by atoms with Crippen LogP contribution in [0.1, 0.15) is 42.5 Å². The van der Waals surface area contributed by atoms with Crippen molar-refractivity contribution in [3.8, 4) is 0 Å². The van der Waals surface area contributed by atoms with Crippen molar-refractivity contribution in [3.05, 3.63) is 29.8 Å². The molecule has 4 nitrogen and oxygen atoms in total. The zero-order chi connectivity index (χ0) is 14.0. The van der Waals surface area contributed by atoms with Gasteiger partial charge in [-0.15, -0.1) is 0 Å². The Morgan fingerprint density at radius 1 is 1.10 bits per heavy atom. The number of nitrogens with zero attached hydrogens (tertiary/aromatic N) is 1. The van der Waals surface area contributed by atoms with Crippen molar-refractivity contribution >= 4 is 11.6 Å². The van der Waals surface area contributed by atoms with Crippen molar-refractivity contribution in [2.45, 2.75) is 37.7 Å². The predicted molar refractivity (Wildman–Crippen MR) is 78.5 cm³/mol. The highest BCUT2D eigenvalue weighted by Crippen LogP contribution is 2.35. The highest BCUT2D eigenvalue weighted by molar-refractivity contribution is 5.94. The minimum atomic E-state index is 0.0517. The summed E-state index contributed by atoms with van der Waals surface area (Å²) in [4.78, 5) is 14.4. The third-order valence-electron chi connectivity index (χ3n) is 4.55. The van der Waals surface area contributed by atoms with Crippen molar-refractivity contribution in [2.75, 3.05) is 25.4 Å². The van der Waals surface area contributed by atoms with Gasteiger partial charge in [0, 0.05) is 30.9 Å². The predicted octanol–water partition coefficient (Wildman–Crippen LogP) is 2.44. The molecule has 0 atom stereocenters. The first-order chi connectivity index (χ1) is 9.69. The molecule has 1 aromatic rings. The van der Waals surface area contributed by atoms with Gasteiger partial charge in [0.15, 0.2) is 0 Å². The van der Waals surface area contributed by atoms with E-state index in [1.807, 2.05) is 4.90 Å². The summed E-state index contributed by atoms with van der Waals surface area (Å²) >= 11 is 0. The highest BCUT2D eigenvalue weighted by atomic mass is 16.5. The summed E-state index contributed by atoms with van der Waals surface area (Å²) in [6.45, 7) is 2.47. The number of likely N-dealkylation sites (tertiary alicyclic amines) is 1. The standard InChI is InChI=1S/C16H22N2O2/c17-14-5-3-13(4-6-14)15(19)18-10-8-16(9-11-18)7-1-2-12-20-16/h3-6H,1-2,7-12,17H2. The van der Waals surface area contributed by atoms with Crippen LogP contribution in [0.15, 0.2) is 24.3 Å². The van der Waals surface area contributed by atoms with Gasteiger partial charge in [0.1, 0.15) is 0 Å². The van der Waals surface area contributed by atoms with Crippen LogP contribution in [-0.4, -0.2) is 36.1 Å². The third kappa shape index (κ3) is 2.66. The van der Waals surface area contributed by atoms with Crippen LogP contribution >= 0.6 is 0 Å². The summed E-state index contributed by atoms with van der Waals surface area (Å²) in [7, 11) is 0. The van der Waals surface area contributed by atoms with Gasteiger partial charge in [0.25, 0.3) is 5.91 Å².